The molecule has 4 nitrogen and oxygen atoms in total. The standard InChI is InChI=1S/C19H19ClN4/c20-16-6-7-17-18(12-16)21-14-22-19(17)24-10-8-23(9-11-24)13-15-4-2-1-3-5-15/h1-7,12,14H,8-11,13H2. The summed E-state index contributed by atoms with van der Waals surface area (Å²) in [7, 11) is 0. The lowest BCUT2D eigenvalue weighted by atomic mass is 10.2. The van der Waals surface area contributed by atoms with Gasteiger partial charge in [0.1, 0.15) is 12.1 Å². The van der Waals surface area contributed by atoms with Crippen LogP contribution in [0, 0.1) is 0 Å². The summed E-state index contributed by atoms with van der Waals surface area (Å²) in [5.41, 5.74) is 2.27. The van der Waals surface area contributed by atoms with E-state index in [0.717, 1.165) is 49.4 Å². The van der Waals surface area contributed by atoms with E-state index in [1.54, 1.807) is 6.33 Å². The van der Waals surface area contributed by atoms with Gasteiger partial charge in [-0.25, -0.2) is 9.97 Å². The van der Waals surface area contributed by atoms with Crippen LogP contribution in [0.25, 0.3) is 10.9 Å². The predicted molar refractivity (Wildman–Crippen MR) is 98.5 cm³/mol. The Morgan fingerprint density at radius 2 is 1.71 bits per heavy atom. The lowest BCUT2D eigenvalue weighted by Gasteiger charge is -2.35. The average Bonchev–Trinajstić information content (AvgIpc) is 2.62. The number of benzene rings is 2. The Hall–Kier alpha value is -2.17. The number of halogens is 1. The molecule has 4 rings (SSSR count). The zero-order valence-electron chi connectivity index (χ0n) is 13.4. The Bertz CT molecular complexity index is 829. The Balaban J connectivity index is 1.48. The fourth-order valence-electron chi connectivity index (χ4n) is 3.23. The molecule has 0 aliphatic carbocycles. The molecule has 1 fully saturated rings. The average molecular weight is 339 g/mol. The van der Waals surface area contributed by atoms with E-state index in [1.807, 2.05) is 18.2 Å². The summed E-state index contributed by atoms with van der Waals surface area (Å²) >= 11 is 6.07. The van der Waals surface area contributed by atoms with E-state index >= 15 is 0 Å². The minimum atomic E-state index is 0.708. The first-order chi connectivity index (χ1) is 11.8. The van der Waals surface area contributed by atoms with Crippen molar-refractivity contribution in [3.8, 4) is 0 Å². The van der Waals surface area contributed by atoms with E-state index in [2.05, 4.69) is 50.1 Å². The molecule has 1 aliphatic rings. The van der Waals surface area contributed by atoms with Crippen molar-refractivity contribution in [1.29, 1.82) is 0 Å². The van der Waals surface area contributed by atoms with Gasteiger partial charge >= 0.3 is 0 Å². The molecule has 24 heavy (non-hydrogen) atoms. The Kier molecular flexibility index (Phi) is 4.32. The Morgan fingerprint density at radius 3 is 2.50 bits per heavy atom. The van der Waals surface area contributed by atoms with E-state index in [4.69, 9.17) is 11.6 Å². The molecule has 2 heterocycles. The van der Waals surface area contributed by atoms with Crippen LogP contribution in [0.4, 0.5) is 5.82 Å². The van der Waals surface area contributed by atoms with Gasteiger partial charge in [-0.15, -0.1) is 0 Å². The van der Waals surface area contributed by atoms with Crippen molar-refractivity contribution in [2.24, 2.45) is 0 Å². The molecule has 0 unspecified atom stereocenters. The van der Waals surface area contributed by atoms with Crippen molar-refractivity contribution in [2.75, 3.05) is 31.1 Å². The molecule has 0 radical (unpaired) electrons. The van der Waals surface area contributed by atoms with Crippen LogP contribution in [0.3, 0.4) is 0 Å². The quantitative estimate of drug-likeness (QED) is 0.730. The van der Waals surface area contributed by atoms with Gasteiger partial charge < -0.3 is 4.90 Å². The number of aromatic nitrogens is 2. The van der Waals surface area contributed by atoms with Crippen LogP contribution in [0.2, 0.25) is 5.02 Å². The molecule has 0 N–H and O–H groups in total. The second-order valence-electron chi connectivity index (χ2n) is 6.11. The molecule has 0 atom stereocenters. The topological polar surface area (TPSA) is 32.3 Å². The molecule has 0 bridgehead atoms. The van der Waals surface area contributed by atoms with Crippen molar-refractivity contribution >= 4 is 28.3 Å². The fourth-order valence-corrected chi connectivity index (χ4v) is 3.39. The van der Waals surface area contributed by atoms with Crippen LogP contribution < -0.4 is 4.90 Å². The summed E-state index contributed by atoms with van der Waals surface area (Å²) in [6, 6.07) is 16.5. The summed E-state index contributed by atoms with van der Waals surface area (Å²) in [6.45, 7) is 5.03. The predicted octanol–water partition coefficient (Wildman–Crippen LogP) is 3.61. The molecule has 1 aliphatic heterocycles. The third-order valence-electron chi connectivity index (χ3n) is 4.50. The van der Waals surface area contributed by atoms with Crippen LogP contribution in [-0.4, -0.2) is 41.0 Å². The lowest BCUT2D eigenvalue weighted by molar-refractivity contribution is 0.249. The summed E-state index contributed by atoms with van der Waals surface area (Å²) in [5, 5.41) is 1.78. The molecule has 1 saturated heterocycles. The minimum Gasteiger partial charge on any atom is -0.353 e. The van der Waals surface area contributed by atoms with Crippen molar-refractivity contribution in [1.82, 2.24) is 14.9 Å². The third-order valence-corrected chi connectivity index (χ3v) is 4.73. The van der Waals surface area contributed by atoms with E-state index < -0.39 is 0 Å². The zero-order valence-corrected chi connectivity index (χ0v) is 14.2. The van der Waals surface area contributed by atoms with Crippen LogP contribution in [0.1, 0.15) is 5.56 Å². The first kappa shape index (κ1) is 15.4. The second-order valence-corrected chi connectivity index (χ2v) is 6.54. The second kappa shape index (κ2) is 6.75. The number of hydrogen-bond donors (Lipinski definition) is 0. The van der Waals surface area contributed by atoms with Crippen molar-refractivity contribution in [3.63, 3.8) is 0 Å². The molecule has 3 aromatic rings. The largest absolute Gasteiger partial charge is 0.353 e. The van der Waals surface area contributed by atoms with Gasteiger partial charge in [0.2, 0.25) is 0 Å². The van der Waals surface area contributed by atoms with Crippen molar-refractivity contribution in [3.05, 3.63) is 65.4 Å². The Labute approximate surface area is 146 Å². The summed E-state index contributed by atoms with van der Waals surface area (Å²) in [5.74, 6) is 1.01. The Morgan fingerprint density at radius 1 is 0.917 bits per heavy atom. The molecule has 0 saturated carbocycles. The van der Waals surface area contributed by atoms with Gasteiger partial charge in [-0.2, -0.15) is 0 Å². The number of rotatable bonds is 3. The van der Waals surface area contributed by atoms with Gasteiger partial charge in [0, 0.05) is 43.1 Å². The van der Waals surface area contributed by atoms with E-state index in [0.29, 0.717) is 5.02 Å². The molecular weight excluding hydrogens is 320 g/mol. The molecule has 2 aromatic carbocycles. The maximum absolute atomic E-state index is 6.07. The third kappa shape index (κ3) is 3.21. The monoisotopic (exact) mass is 338 g/mol. The zero-order chi connectivity index (χ0) is 16.4. The van der Waals surface area contributed by atoms with Crippen molar-refractivity contribution < 1.29 is 0 Å². The smallest absolute Gasteiger partial charge is 0.139 e. The molecule has 5 heteroatoms. The highest BCUT2D eigenvalue weighted by Crippen LogP contribution is 2.26. The highest BCUT2D eigenvalue weighted by Gasteiger charge is 2.20. The molecule has 1 aromatic heterocycles. The number of fused-ring (bicyclic) bond motifs is 1. The van der Waals surface area contributed by atoms with E-state index in [9.17, 15) is 0 Å². The minimum absolute atomic E-state index is 0.708. The van der Waals surface area contributed by atoms with Gasteiger partial charge in [-0.05, 0) is 23.8 Å². The first-order valence-electron chi connectivity index (χ1n) is 8.21. The normalized spacial score (nSPS) is 15.8. The molecule has 0 spiro atoms. The van der Waals surface area contributed by atoms with Gasteiger partial charge in [0.05, 0.1) is 5.52 Å². The highest BCUT2D eigenvalue weighted by atomic mass is 35.5. The van der Waals surface area contributed by atoms with Crippen LogP contribution in [0.5, 0.6) is 0 Å². The van der Waals surface area contributed by atoms with Gasteiger partial charge in [-0.1, -0.05) is 41.9 Å². The number of anilines is 1. The number of hydrogen-bond acceptors (Lipinski definition) is 4. The maximum atomic E-state index is 6.07. The van der Waals surface area contributed by atoms with Crippen LogP contribution >= 0.6 is 11.6 Å². The SMILES string of the molecule is Clc1ccc2c(N3CCN(Cc4ccccc4)CC3)ncnc2c1. The van der Waals surface area contributed by atoms with Crippen LogP contribution in [0.15, 0.2) is 54.9 Å². The van der Waals surface area contributed by atoms with Gasteiger partial charge in [-0.3, -0.25) is 4.90 Å². The summed E-state index contributed by atoms with van der Waals surface area (Å²) in [6.07, 6.45) is 1.63. The van der Waals surface area contributed by atoms with Crippen molar-refractivity contribution in [2.45, 2.75) is 6.54 Å². The fraction of sp³-hybridized carbons (Fsp3) is 0.263. The summed E-state index contributed by atoms with van der Waals surface area (Å²) < 4.78 is 0. The van der Waals surface area contributed by atoms with E-state index in [-0.39, 0.29) is 0 Å². The number of piperazine rings is 1. The molecular formula is C19H19ClN4. The van der Waals surface area contributed by atoms with Gasteiger partial charge in [0.25, 0.3) is 0 Å². The molecule has 0 amide bonds. The van der Waals surface area contributed by atoms with Crippen LogP contribution in [-0.2, 0) is 6.54 Å². The number of nitrogens with zero attached hydrogens (tertiary/aromatic N) is 4. The van der Waals surface area contributed by atoms with E-state index in [1.165, 1.54) is 5.56 Å². The maximum Gasteiger partial charge on any atom is 0.139 e. The molecule has 122 valence electrons. The first-order valence-corrected chi connectivity index (χ1v) is 8.59. The van der Waals surface area contributed by atoms with Gasteiger partial charge in [0.15, 0.2) is 0 Å². The highest BCUT2D eigenvalue weighted by molar-refractivity contribution is 6.31. The summed E-state index contributed by atoms with van der Waals surface area (Å²) in [4.78, 5) is 13.7. The lowest BCUT2D eigenvalue weighted by Crippen LogP contribution is -2.46.